The Morgan fingerprint density at radius 1 is 1.15 bits per heavy atom. The van der Waals surface area contributed by atoms with Gasteiger partial charge in [0.05, 0.1) is 5.69 Å². The van der Waals surface area contributed by atoms with Gasteiger partial charge in [-0.25, -0.2) is 4.68 Å². The van der Waals surface area contributed by atoms with E-state index >= 15 is 0 Å². The van der Waals surface area contributed by atoms with E-state index in [9.17, 15) is 4.79 Å². The molecule has 1 aromatic heterocycles. The first-order chi connectivity index (χ1) is 13.2. The molecule has 0 spiro atoms. The van der Waals surface area contributed by atoms with Gasteiger partial charge in [0.2, 0.25) is 0 Å². The highest BCUT2D eigenvalue weighted by molar-refractivity contribution is 6.30. The minimum atomic E-state index is -0.0692. The fraction of sp³-hybridized carbons (Fsp3) is 0.429. The maximum absolute atomic E-state index is 12.9. The fourth-order valence-electron chi connectivity index (χ4n) is 3.86. The predicted octanol–water partition coefficient (Wildman–Crippen LogP) is 3.44. The van der Waals surface area contributed by atoms with Crippen LogP contribution < -0.4 is 10.6 Å². The highest BCUT2D eigenvalue weighted by Crippen LogP contribution is 2.27. The van der Waals surface area contributed by atoms with Crippen molar-refractivity contribution in [1.82, 2.24) is 20.4 Å². The first kappa shape index (κ1) is 18.3. The van der Waals surface area contributed by atoms with E-state index in [2.05, 4.69) is 16.7 Å². The molecule has 0 unspecified atom stereocenters. The smallest absolute Gasteiger partial charge is 0.272 e. The van der Waals surface area contributed by atoms with Gasteiger partial charge < -0.3 is 10.6 Å². The number of nitrogens with zero attached hydrogens (tertiary/aromatic N) is 2. The van der Waals surface area contributed by atoms with Crippen molar-refractivity contribution in [2.75, 3.05) is 19.6 Å². The van der Waals surface area contributed by atoms with Gasteiger partial charge >= 0.3 is 0 Å². The van der Waals surface area contributed by atoms with E-state index < -0.39 is 0 Å². The summed E-state index contributed by atoms with van der Waals surface area (Å²) >= 11 is 6.04. The van der Waals surface area contributed by atoms with Crippen molar-refractivity contribution in [2.45, 2.75) is 38.5 Å². The van der Waals surface area contributed by atoms with Crippen LogP contribution in [0, 0.1) is 0 Å². The SMILES string of the molecule is O=C(NCC1=CCNCC1)c1nn(-c2ccc(Cl)cc2)c2c1CCCCC2. The third-order valence-corrected chi connectivity index (χ3v) is 5.60. The molecule has 0 fully saturated rings. The summed E-state index contributed by atoms with van der Waals surface area (Å²) in [5, 5.41) is 11.8. The lowest BCUT2D eigenvalue weighted by molar-refractivity contribution is 0.0950. The minimum absolute atomic E-state index is 0.0692. The largest absolute Gasteiger partial charge is 0.347 e. The summed E-state index contributed by atoms with van der Waals surface area (Å²) in [6.07, 6.45) is 8.45. The van der Waals surface area contributed by atoms with Gasteiger partial charge in [0.1, 0.15) is 0 Å². The first-order valence-electron chi connectivity index (χ1n) is 9.76. The third kappa shape index (κ3) is 4.09. The number of hydrogen-bond acceptors (Lipinski definition) is 3. The minimum Gasteiger partial charge on any atom is -0.347 e. The van der Waals surface area contributed by atoms with Crippen LogP contribution in [0.4, 0.5) is 0 Å². The van der Waals surface area contributed by atoms with Crippen molar-refractivity contribution in [3.8, 4) is 5.69 Å². The Bertz CT molecular complexity index is 854. The summed E-state index contributed by atoms with van der Waals surface area (Å²) in [4.78, 5) is 12.9. The number of carbonyl (C=O) groups excluding carboxylic acids is 1. The van der Waals surface area contributed by atoms with Gasteiger partial charge in [0, 0.05) is 29.4 Å². The van der Waals surface area contributed by atoms with Gasteiger partial charge in [-0.1, -0.05) is 29.7 Å². The number of halogens is 1. The molecule has 2 N–H and O–H groups in total. The molecule has 5 nitrogen and oxygen atoms in total. The quantitative estimate of drug-likeness (QED) is 0.627. The van der Waals surface area contributed by atoms with Crippen LogP contribution in [0.5, 0.6) is 0 Å². The van der Waals surface area contributed by atoms with Crippen LogP contribution in [0.15, 0.2) is 35.9 Å². The average molecular weight is 385 g/mol. The molecule has 2 heterocycles. The summed E-state index contributed by atoms with van der Waals surface area (Å²) in [7, 11) is 0. The summed E-state index contributed by atoms with van der Waals surface area (Å²) in [5.74, 6) is -0.0692. The zero-order valence-electron chi connectivity index (χ0n) is 15.4. The number of benzene rings is 1. The van der Waals surface area contributed by atoms with Crippen LogP contribution in [0.3, 0.4) is 0 Å². The van der Waals surface area contributed by atoms with E-state index in [1.165, 1.54) is 17.7 Å². The molecule has 0 saturated heterocycles. The van der Waals surface area contributed by atoms with E-state index in [4.69, 9.17) is 16.7 Å². The van der Waals surface area contributed by atoms with Crippen molar-refractivity contribution in [3.05, 3.63) is 57.9 Å². The molecule has 1 aliphatic carbocycles. The van der Waals surface area contributed by atoms with Crippen molar-refractivity contribution in [2.24, 2.45) is 0 Å². The van der Waals surface area contributed by atoms with Crippen molar-refractivity contribution < 1.29 is 4.79 Å². The molecular weight excluding hydrogens is 360 g/mol. The molecule has 0 radical (unpaired) electrons. The van der Waals surface area contributed by atoms with E-state index in [0.29, 0.717) is 17.3 Å². The maximum Gasteiger partial charge on any atom is 0.272 e. The summed E-state index contributed by atoms with van der Waals surface area (Å²) < 4.78 is 1.94. The lowest BCUT2D eigenvalue weighted by Gasteiger charge is -2.14. The molecule has 2 aliphatic rings. The number of nitrogens with one attached hydrogen (secondary N) is 2. The normalized spacial score (nSPS) is 17.0. The molecule has 142 valence electrons. The number of hydrogen-bond donors (Lipinski definition) is 2. The Morgan fingerprint density at radius 2 is 1.96 bits per heavy atom. The molecule has 1 aliphatic heterocycles. The number of fused-ring (bicyclic) bond motifs is 1. The van der Waals surface area contributed by atoms with E-state index in [1.807, 2.05) is 28.9 Å². The van der Waals surface area contributed by atoms with Gasteiger partial charge in [-0.2, -0.15) is 5.10 Å². The molecule has 0 bridgehead atoms. The molecule has 1 amide bonds. The lowest BCUT2D eigenvalue weighted by Crippen LogP contribution is -2.30. The van der Waals surface area contributed by atoms with Gasteiger partial charge in [-0.3, -0.25) is 4.79 Å². The summed E-state index contributed by atoms with van der Waals surface area (Å²) in [5.41, 5.74) is 5.10. The van der Waals surface area contributed by atoms with E-state index in [1.54, 1.807) is 0 Å². The van der Waals surface area contributed by atoms with E-state index in [0.717, 1.165) is 56.4 Å². The molecule has 2 aromatic rings. The predicted molar refractivity (Wildman–Crippen MR) is 108 cm³/mol. The lowest BCUT2D eigenvalue weighted by atomic mass is 10.1. The Labute approximate surface area is 164 Å². The highest BCUT2D eigenvalue weighted by atomic mass is 35.5. The van der Waals surface area contributed by atoms with Gasteiger partial charge in [-0.05, 0) is 62.9 Å². The average Bonchev–Trinajstić information content (AvgIpc) is 2.89. The molecule has 27 heavy (non-hydrogen) atoms. The zero-order chi connectivity index (χ0) is 18.6. The van der Waals surface area contributed by atoms with Crippen LogP contribution >= 0.6 is 11.6 Å². The molecule has 6 heteroatoms. The molecular formula is C21H25ClN4O. The number of amides is 1. The van der Waals surface area contributed by atoms with Crippen molar-refractivity contribution in [1.29, 1.82) is 0 Å². The Kier molecular flexibility index (Phi) is 5.60. The Hall–Kier alpha value is -2.11. The van der Waals surface area contributed by atoms with Crippen LogP contribution in [-0.4, -0.2) is 35.3 Å². The van der Waals surface area contributed by atoms with Crippen molar-refractivity contribution in [3.63, 3.8) is 0 Å². The van der Waals surface area contributed by atoms with E-state index in [-0.39, 0.29) is 5.91 Å². The maximum atomic E-state index is 12.9. The standard InChI is InChI=1S/C21H25ClN4O/c22-16-6-8-17(9-7-16)26-19-5-3-1-2-4-18(19)20(25-26)21(27)24-14-15-10-12-23-13-11-15/h6-10,23H,1-5,11-14H2,(H,24,27). The van der Waals surface area contributed by atoms with Crippen LogP contribution in [0.25, 0.3) is 5.69 Å². The second kappa shape index (κ2) is 8.28. The fourth-order valence-corrected chi connectivity index (χ4v) is 3.99. The monoisotopic (exact) mass is 384 g/mol. The van der Waals surface area contributed by atoms with Gasteiger partial charge in [0.25, 0.3) is 5.91 Å². The highest BCUT2D eigenvalue weighted by Gasteiger charge is 2.24. The Morgan fingerprint density at radius 3 is 2.74 bits per heavy atom. The number of rotatable bonds is 4. The number of aromatic nitrogens is 2. The topological polar surface area (TPSA) is 59.0 Å². The van der Waals surface area contributed by atoms with Crippen LogP contribution in [-0.2, 0) is 12.8 Å². The third-order valence-electron chi connectivity index (χ3n) is 5.35. The van der Waals surface area contributed by atoms with Crippen molar-refractivity contribution >= 4 is 17.5 Å². The second-order valence-electron chi connectivity index (χ2n) is 7.22. The van der Waals surface area contributed by atoms with Crippen LogP contribution in [0.1, 0.15) is 47.4 Å². The molecule has 4 rings (SSSR count). The Balaban J connectivity index is 1.62. The zero-order valence-corrected chi connectivity index (χ0v) is 16.2. The molecule has 0 atom stereocenters. The molecule has 0 saturated carbocycles. The number of carbonyl (C=O) groups is 1. The van der Waals surface area contributed by atoms with Gasteiger partial charge in [0.15, 0.2) is 5.69 Å². The van der Waals surface area contributed by atoms with Gasteiger partial charge in [-0.15, -0.1) is 0 Å². The summed E-state index contributed by atoms with van der Waals surface area (Å²) in [6.45, 7) is 2.46. The summed E-state index contributed by atoms with van der Waals surface area (Å²) in [6, 6.07) is 7.65. The second-order valence-corrected chi connectivity index (χ2v) is 7.66. The van der Waals surface area contributed by atoms with Crippen LogP contribution in [0.2, 0.25) is 5.02 Å². The molecule has 1 aromatic carbocycles. The first-order valence-corrected chi connectivity index (χ1v) is 10.1.